The average Bonchev–Trinajstić information content (AvgIpc) is 2.78. The molecule has 1 N–H and O–H groups in total. The topological polar surface area (TPSA) is 51.0 Å². The molecule has 17 heavy (non-hydrogen) atoms. The highest BCUT2D eigenvalue weighted by molar-refractivity contribution is 7.97. The van der Waals surface area contributed by atoms with Gasteiger partial charge >= 0.3 is 0 Å². The van der Waals surface area contributed by atoms with E-state index >= 15 is 0 Å². The molecule has 2 rings (SSSR count). The third kappa shape index (κ3) is 3.45. The minimum atomic E-state index is 0.611. The molecule has 1 aliphatic rings. The zero-order valence-electron chi connectivity index (χ0n) is 10.6. The van der Waals surface area contributed by atoms with Gasteiger partial charge in [0, 0.05) is 12.5 Å². The summed E-state index contributed by atoms with van der Waals surface area (Å²) in [6, 6.07) is 0.611. The van der Waals surface area contributed by atoms with Crippen LogP contribution in [-0.4, -0.2) is 29.5 Å². The first-order valence-electron chi connectivity index (χ1n) is 6.31. The molecule has 0 aromatic carbocycles. The van der Waals surface area contributed by atoms with E-state index in [-0.39, 0.29) is 0 Å². The number of rotatable bonds is 5. The van der Waals surface area contributed by atoms with Gasteiger partial charge in [-0.15, -0.1) is 0 Å². The molecule has 0 bridgehead atoms. The van der Waals surface area contributed by atoms with Gasteiger partial charge in [-0.05, 0) is 32.1 Å². The Morgan fingerprint density at radius 2 is 2.24 bits per heavy atom. The maximum Gasteiger partial charge on any atom is 0.227 e. The fourth-order valence-corrected chi connectivity index (χ4v) is 2.99. The molecule has 5 heteroatoms. The molecule has 0 radical (unpaired) electrons. The van der Waals surface area contributed by atoms with Crippen molar-refractivity contribution in [2.45, 2.75) is 43.9 Å². The maximum absolute atomic E-state index is 5.31. The molecule has 0 saturated heterocycles. The number of hydrogen-bond donors (Lipinski definition) is 1. The molecule has 2 unspecified atom stereocenters. The van der Waals surface area contributed by atoms with Crippen molar-refractivity contribution in [3.63, 3.8) is 0 Å². The van der Waals surface area contributed by atoms with Crippen molar-refractivity contribution in [3.8, 4) is 0 Å². The van der Waals surface area contributed by atoms with Crippen molar-refractivity contribution in [2.24, 2.45) is 5.92 Å². The van der Waals surface area contributed by atoms with Crippen LogP contribution in [-0.2, 0) is 12.2 Å². The predicted molar refractivity (Wildman–Crippen MR) is 70.0 cm³/mol. The Morgan fingerprint density at radius 1 is 1.41 bits per heavy atom. The van der Waals surface area contributed by atoms with Gasteiger partial charge in [-0.1, -0.05) is 18.0 Å². The molecule has 96 valence electrons. The first kappa shape index (κ1) is 12.9. The number of nitrogens with one attached hydrogen (secondary N) is 1. The van der Waals surface area contributed by atoms with Gasteiger partial charge in [0.15, 0.2) is 5.82 Å². The van der Waals surface area contributed by atoms with E-state index in [0.717, 1.165) is 23.9 Å². The van der Waals surface area contributed by atoms with E-state index in [0.29, 0.717) is 12.0 Å². The highest BCUT2D eigenvalue weighted by atomic mass is 32.2. The Bertz CT molecular complexity index is 342. The van der Waals surface area contributed by atoms with E-state index in [4.69, 9.17) is 4.52 Å². The highest BCUT2D eigenvalue weighted by Gasteiger charge is 2.25. The van der Waals surface area contributed by atoms with Crippen LogP contribution in [0, 0.1) is 5.92 Å². The van der Waals surface area contributed by atoms with Gasteiger partial charge in [0.1, 0.15) is 0 Å². The van der Waals surface area contributed by atoms with Crippen molar-refractivity contribution in [1.29, 1.82) is 0 Å². The number of thioether (sulfide) groups is 1. The van der Waals surface area contributed by atoms with Crippen molar-refractivity contribution >= 4 is 11.8 Å². The fraction of sp³-hybridized carbons (Fsp3) is 0.833. The Balaban J connectivity index is 1.93. The molecule has 1 aromatic rings. The monoisotopic (exact) mass is 255 g/mol. The molecule has 1 saturated carbocycles. The van der Waals surface area contributed by atoms with Crippen molar-refractivity contribution in [1.82, 2.24) is 15.5 Å². The fourth-order valence-electron chi connectivity index (χ4n) is 2.62. The van der Waals surface area contributed by atoms with Crippen molar-refractivity contribution < 1.29 is 4.52 Å². The minimum absolute atomic E-state index is 0.611. The summed E-state index contributed by atoms with van der Waals surface area (Å²) >= 11 is 1.72. The molecule has 1 aliphatic carbocycles. The second kappa shape index (κ2) is 6.40. The molecule has 0 aliphatic heterocycles. The zero-order chi connectivity index (χ0) is 12.1. The van der Waals surface area contributed by atoms with Gasteiger partial charge in [0.25, 0.3) is 0 Å². The van der Waals surface area contributed by atoms with Gasteiger partial charge < -0.3 is 9.84 Å². The Morgan fingerprint density at radius 3 is 3.00 bits per heavy atom. The van der Waals surface area contributed by atoms with E-state index < -0.39 is 0 Å². The smallest absolute Gasteiger partial charge is 0.227 e. The van der Waals surface area contributed by atoms with Gasteiger partial charge in [0.05, 0.1) is 5.75 Å². The lowest BCUT2D eigenvalue weighted by molar-refractivity contribution is 0.248. The van der Waals surface area contributed by atoms with Gasteiger partial charge in [0.2, 0.25) is 5.89 Å². The summed E-state index contributed by atoms with van der Waals surface area (Å²) in [6.45, 7) is 0. The summed E-state index contributed by atoms with van der Waals surface area (Å²) in [4.78, 5) is 4.44. The summed E-state index contributed by atoms with van der Waals surface area (Å²) in [5, 5.41) is 7.41. The molecular formula is C12H21N3OS. The van der Waals surface area contributed by atoms with E-state index in [2.05, 4.69) is 22.5 Å². The quantitative estimate of drug-likeness (QED) is 0.874. The SMILES string of the molecule is CNC1CCCCC1Cc1nc(CSC)no1. The standard InChI is InChI=1S/C12H21N3OS/c1-13-10-6-4-3-5-9(10)7-12-14-11(8-17-2)15-16-12/h9-10,13H,3-8H2,1-2H3. The van der Waals surface area contributed by atoms with Crippen LogP contribution in [0.15, 0.2) is 4.52 Å². The van der Waals surface area contributed by atoms with Crippen LogP contribution in [0.4, 0.5) is 0 Å². The average molecular weight is 255 g/mol. The predicted octanol–water partition coefficient (Wildman–Crippen LogP) is 2.25. The summed E-state index contributed by atoms with van der Waals surface area (Å²) < 4.78 is 5.31. The normalized spacial score (nSPS) is 25.1. The third-order valence-corrected chi connectivity index (χ3v) is 4.05. The van der Waals surface area contributed by atoms with E-state index in [9.17, 15) is 0 Å². The third-order valence-electron chi connectivity index (χ3n) is 3.50. The summed E-state index contributed by atoms with van der Waals surface area (Å²) in [6.07, 6.45) is 8.18. The van der Waals surface area contributed by atoms with Crippen molar-refractivity contribution in [3.05, 3.63) is 11.7 Å². The van der Waals surface area contributed by atoms with E-state index in [1.165, 1.54) is 25.7 Å². The van der Waals surface area contributed by atoms with Gasteiger partial charge in [-0.2, -0.15) is 16.7 Å². The first-order chi connectivity index (χ1) is 8.33. The van der Waals surface area contributed by atoms with Crippen LogP contribution in [0.25, 0.3) is 0 Å². The molecule has 0 amide bonds. The van der Waals surface area contributed by atoms with E-state index in [1.807, 2.05) is 6.26 Å². The van der Waals surface area contributed by atoms with Crippen LogP contribution in [0.3, 0.4) is 0 Å². The summed E-state index contributed by atoms with van der Waals surface area (Å²) in [5.41, 5.74) is 0. The zero-order valence-corrected chi connectivity index (χ0v) is 11.4. The number of aromatic nitrogens is 2. The van der Waals surface area contributed by atoms with Gasteiger partial charge in [-0.25, -0.2) is 0 Å². The number of nitrogens with zero attached hydrogens (tertiary/aromatic N) is 2. The van der Waals surface area contributed by atoms with E-state index in [1.54, 1.807) is 11.8 Å². The molecule has 2 atom stereocenters. The Hall–Kier alpha value is -0.550. The van der Waals surface area contributed by atoms with Crippen molar-refractivity contribution in [2.75, 3.05) is 13.3 Å². The Labute approximate surface area is 107 Å². The van der Waals surface area contributed by atoms with Crippen LogP contribution in [0.1, 0.15) is 37.4 Å². The van der Waals surface area contributed by atoms with Crippen LogP contribution in [0.2, 0.25) is 0 Å². The molecular weight excluding hydrogens is 234 g/mol. The van der Waals surface area contributed by atoms with Crippen LogP contribution >= 0.6 is 11.8 Å². The lowest BCUT2D eigenvalue weighted by Gasteiger charge is -2.30. The van der Waals surface area contributed by atoms with Crippen LogP contribution in [0.5, 0.6) is 0 Å². The lowest BCUT2D eigenvalue weighted by atomic mass is 9.82. The summed E-state index contributed by atoms with van der Waals surface area (Å²) in [7, 11) is 2.05. The molecule has 1 heterocycles. The second-order valence-electron chi connectivity index (χ2n) is 4.68. The molecule has 1 fully saturated rings. The Kier molecular flexibility index (Phi) is 4.86. The second-order valence-corrected chi connectivity index (χ2v) is 5.55. The maximum atomic E-state index is 5.31. The molecule has 1 aromatic heterocycles. The highest BCUT2D eigenvalue weighted by Crippen LogP contribution is 2.27. The van der Waals surface area contributed by atoms with Crippen LogP contribution < -0.4 is 5.32 Å². The summed E-state index contributed by atoms with van der Waals surface area (Å²) in [5.74, 6) is 3.12. The van der Waals surface area contributed by atoms with Gasteiger partial charge in [-0.3, -0.25) is 0 Å². The lowest BCUT2D eigenvalue weighted by Crippen LogP contribution is -2.37. The molecule has 0 spiro atoms. The minimum Gasteiger partial charge on any atom is -0.339 e. The number of hydrogen-bond acceptors (Lipinski definition) is 5. The largest absolute Gasteiger partial charge is 0.339 e. The first-order valence-corrected chi connectivity index (χ1v) is 7.70. The molecule has 4 nitrogen and oxygen atoms in total.